The van der Waals surface area contributed by atoms with Gasteiger partial charge < -0.3 is 5.73 Å². The molecule has 0 aliphatic carbocycles. The van der Waals surface area contributed by atoms with Gasteiger partial charge in [0.05, 0.1) is 6.04 Å². The predicted octanol–water partition coefficient (Wildman–Crippen LogP) is 0.309. The first-order valence-corrected chi connectivity index (χ1v) is 4.94. The predicted molar refractivity (Wildman–Crippen MR) is 58.2 cm³/mol. The molecule has 0 spiro atoms. The number of hydrogen-bond donors (Lipinski definition) is 3. The van der Waals surface area contributed by atoms with Crippen LogP contribution >= 0.6 is 15.9 Å². The quantitative estimate of drug-likeness (QED) is 0.414. The monoisotopic (exact) mass is 257 g/mol. The van der Waals surface area contributed by atoms with Crippen molar-refractivity contribution in [2.24, 2.45) is 11.6 Å². The number of hydrazine groups is 1. The first kappa shape index (κ1) is 11.2. The van der Waals surface area contributed by atoms with Crippen LogP contribution in [0.2, 0.25) is 0 Å². The number of benzene rings is 1. The van der Waals surface area contributed by atoms with Crippen molar-refractivity contribution in [3.05, 3.63) is 34.3 Å². The summed E-state index contributed by atoms with van der Waals surface area (Å²) in [6, 6.07) is 7.00. The maximum Gasteiger partial charge on any atom is 0.251 e. The van der Waals surface area contributed by atoms with Crippen LogP contribution < -0.4 is 17.0 Å². The number of amides is 1. The molecule has 0 bridgehead atoms. The van der Waals surface area contributed by atoms with Crippen molar-refractivity contribution in [1.29, 1.82) is 0 Å². The Morgan fingerprint density at radius 3 is 2.71 bits per heavy atom. The summed E-state index contributed by atoms with van der Waals surface area (Å²) < 4.78 is 0.945. The average Bonchev–Trinajstić information content (AvgIpc) is 2.20. The number of nitrogens with two attached hydrogens (primary N) is 2. The Bertz CT molecular complexity index is 330. The van der Waals surface area contributed by atoms with Crippen molar-refractivity contribution in [1.82, 2.24) is 5.43 Å². The van der Waals surface area contributed by atoms with E-state index in [0.29, 0.717) is 6.42 Å². The highest BCUT2D eigenvalue weighted by Crippen LogP contribution is 2.16. The third-order valence-electron chi connectivity index (χ3n) is 1.88. The maximum atomic E-state index is 11.1. The third-order valence-corrected chi connectivity index (χ3v) is 2.65. The molecule has 76 valence electrons. The average molecular weight is 258 g/mol. The summed E-state index contributed by atoms with van der Waals surface area (Å²) in [5.74, 6) is 4.61. The molecule has 0 aromatic heterocycles. The Balaban J connectivity index is 2.69. The van der Waals surface area contributed by atoms with Gasteiger partial charge >= 0.3 is 0 Å². The van der Waals surface area contributed by atoms with Gasteiger partial charge in [-0.05, 0) is 18.1 Å². The smallest absolute Gasteiger partial charge is 0.251 e. The molecule has 0 aliphatic heterocycles. The van der Waals surface area contributed by atoms with E-state index in [4.69, 9.17) is 11.6 Å². The second-order valence-electron chi connectivity index (χ2n) is 2.91. The number of nitrogens with one attached hydrogen (secondary N) is 1. The Hall–Kier alpha value is -0.910. The molecule has 0 saturated heterocycles. The van der Waals surface area contributed by atoms with Gasteiger partial charge in [0.25, 0.3) is 5.91 Å². The highest BCUT2D eigenvalue weighted by Gasteiger charge is 2.13. The molecule has 0 heterocycles. The summed E-state index contributed by atoms with van der Waals surface area (Å²) in [6.45, 7) is 0. The second-order valence-corrected chi connectivity index (χ2v) is 3.76. The summed E-state index contributed by atoms with van der Waals surface area (Å²) in [7, 11) is 0. The number of carbonyl (C=O) groups is 1. The van der Waals surface area contributed by atoms with Crippen LogP contribution in [0.4, 0.5) is 0 Å². The van der Waals surface area contributed by atoms with Crippen molar-refractivity contribution >= 4 is 21.8 Å². The Labute approximate surface area is 90.8 Å². The van der Waals surface area contributed by atoms with Crippen LogP contribution in [0.5, 0.6) is 0 Å². The van der Waals surface area contributed by atoms with Crippen LogP contribution in [0.25, 0.3) is 0 Å². The van der Waals surface area contributed by atoms with E-state index < -0.39 is 6.04 Å². The highest BCUT2D eigenvalue weighted by atomic mass is 79.9. The maximum absolute atomic E-state index is 11.1. The molecule has 0 saturated carbocycles. The van der Waals surface area contributed by atoms with Crippen LogP contribution in [-0.4, -0.2) is 11.9 Å². The minimum Gasteiger partial charge on any atom is -0.320 e. The van der Waals surface area contributed by atoms with Gasteiger partial charge in [-0.15, -0.1) is 0 Å². The van der Waals surface area contributed by atoms with E-state index in [1.807, 2.05) is 29.7 Å². The zero-order valence-electron chi connectivity index (χ0n) is 7.53. The lowest BCUT2D eigenvalue weighted by Crippen LogP contribution is -2.45. The lowest BCUT2D eigenvalue weighted by molar-refractivity contribution is -0.122. The minimum absolute atomic E-state index is 0.360. The Morgan fingerprint density at radius 1 is 1.50 bits per heavy atom. The fraction of sp³-hybridized carbons (Fsp3) is 0.222. The fourth-order valence-electron chi connectivity index (χ4n) is 1.10. The molecular weight excluding hydrogens is 246 g/mol. The van der Waals surface area contributed by atoms with Crippen LogP contribution in [0.15, 0.2) is 28.7 Å². The van der Waals surface area contributed by atoms with Crippen LogP contribution in [0, 0.1) is 0 Å². The summed E-state index contributed by atoms with van der Waals surface area (Å²) in [5, 5.41) is 0. The van der Waals surface area contributed by atoms with Crippen molar-refractivity contribution in [3.8, 4) is 0 Å². The summed E-state index contributed by atoms with van der Waals surface area (Å²) in [6.07, 6.45) is 0.463. The second kappa shape index (κ2) is 5.09. The molecule has 5 N–H and O–H groups in total. The number of carbonyl (C=O) groups excluding carboxylic acids is 1. The van der Waals surface area contributed by atoms with Gasteiger partial charge in [-0.2, -0.15) is 0 Å². The van der Waals surface area contributed by atoms with Gasteiger partial charge in [-0.25, -0.2) is 5.84 Å². The Morgan fingerprint density at radius 2 is 2.14 bits per heavy atom. The summed E-state index contributed by atoms with van der Waals surface area (Å²) >= 11 is 3.38. The molecule has 1 aromatic rings. The lowest BCUT2D eigenvalue weighted by atomic mass is 10.1. The molecule has 1 rings (SSSR count). The largest absolute Gasteiger partial charge is 0.320 e. The van der Waals surface area contributed by atoms with E-state index in [9.17, 15) is 4.79 Å². The molecular formula is C9H12BrN3O. The number of rotatable bonds is 3. The summed E-state index contributed by atoms with van der Waals surface area (Å²) in [5.41, 5.74) is 8.63. The molecule has 0 fully saturated rings. The lowest BCUT2D eigenvalue weighted by Gasteiger charge is -2.10. The van der Waals surface area contributed by atoms with Crippen molar-refractivity contribution in [2.75, 3.05) is 0 Å². The zero-order valence-corrected chi connectivity index (χ0v) is 9.12. The SMILES string of the molecule is NNC(=O)C(N)Cc1ccccc1Br. The van der Waals surface area contributed by atoms with Crippen LogP contribution in [-0.2, 0) is 11.2 Å². The van der Waals surface area contributed by atoms with E-state index >= 15 is 0 Å². The molecule has 0 aliphatic rings. The van der Waals surface area contributed by atoms with Gasteiger partial charge in [0.15, 0.2) is 0 Å². The fourth-order valence-corrected chi connectivity index (χ4v) is 1.55. The Kier molecular flexibility index (Phi) is 4.06. The van der Waals surface area contributed by atoms with Crippen molar-refractivity contribution in [2.45, 2.75) is 12.5 Å². The van der Waals surface area contributed by atoms with Gasteiger partial charge in [-0.3, -0.25) is 10.2 Å². The van der Waals surface area contributed by atoms with Crippen LogP contribution in [0.3, 0.4) is 0 Å². The summed E-state index contributed by atoms with van der Waals surface area (Å²) in [4.78, 5) is 11.1. The number of halogens is 1. The normalized spacial score (nSPS) is 12.2. The van der Waals surface area contributed by atoms with Crippen LogP contribution in [0.1, 0.15) is 5.56 Å². The van der Waals surface area contributed by atoms with Gasteiger partial charge in [0.1, 0.15) is 0 Å². The molecule has 1 amide bonds. The molecule has 5 heteroatoms. The highest BCUT2D eigenvalue weighted by molar-refractivity contribution is 9.10. The molecule has 1 unspecified atom stereocenters. The van der Waals surface area contributed by atoms with Crippen molar-refractivity contribution in [3.63, 3.8) is 0 Å². The molecule has 0 radical (unpaired) electrons. The minimum atomic E-state index is -0.612. The van der Waals surface area contributed by atoms with E-state index in [-0.39, 0.29) is 5.91 Å². The van der Waals surface area contributed by atoms with E-state index in [2.05, 4.69) is 15.9 Å². The molecule has 4 nitrogen and oxygen atoms in total. The molecule has 1 aromatic carbocycles. The van der Waals surface area contributed by atoms with Gasteiger partial charge in [0, 0.05) is 4.47 Å². The van der Waals surface area contributed by atoms with Crippen molar-refractivity contribution < 1.29 is 4.79 Å². The standard InChI is InChI=1S/C9H12BrN3O/c10-7-4-2-1-3-6(7)5-8(11)9(14)13-12/h1-4,8H,5,11-12H2,(H,13,14). The number of hydrogen-bond acceptors (Lipinski definition) is 3. The van der Waals surface area contributed by atoms with Gasteiger partial charge in [0.2, 0.25) is 0 Å². The van der Waals surface area contributed by atoms with E-state index in [1.54, 1.807) is 0 Å². The zero-order chi connectivity index (χ0) is 10.6. The topological polar surface area (TPSA) is 81.1 Å². The molecule has 1 atom stereocenters. The molecule has 14 heavy (non-hydrogen) atoms. The van der Waals surface area contributed by atoms with Gasteiger partial charge in [-0.1, -0.05) is 34.1 Å². The van der Waals surface area contributed by atoms with E-state index in [0.717, 1.165) is 10.0 Å². The van der Waals surface area contributed by atoms with E-state index in [1.165, 1.54) is 0 Å². The first-order valence-electron chi connectivity index (χ1n) is 4.14. The first-order chi connectivity index (χ1) is 6.65. The third kappa shape index (κ3) is 2.80.